The third kappa shape index (κ3) is 5.50. The lowest BCUT2D eigenvalue weighted by atomic mass is 9.94. The number of halogens is 3. The van der Waals surface area contributed by atoms with Gasteiger partial charge in [-0.2, -0.15) is 13.2 Å². The first-order valence-electron chi connectivity index (χ1n) is 7.73. The van der Waals surface area contributed by atoms with E-state index in [0.717, 1.165) is 37.0 Å². The van der Waals surface area contributed by atoms with Gasteiger partial charge in [-0.1, -0.05) is 39.0 Å². The number of alkyl halides is 3. The number of methoxy groups -OCH3 is 1. The molecule has 4 nitrogen and oxygen atoms in total. The SMILES string of the molecule is COC(=O)C(C)CN(C(=O)C(F)(F)F)C1CCCCCCC1. The molecule has 0 saturated heterocycles. The molecule has 22 heavy (non-hydrogen) atoms. The molecule has 0 bridgehead atoms. The third-order valence-corrected chi connectivity index (χ3v) is 4.09. The second-order valence-corrected chi connectivity index (χ2v) is 5.88. The van der Waals surface area contributed by atoms with Crippen LogP contribution in [0.4, 0.5) is 13.2 Å². The minimum Gasteiger partial charge on any atom is -0.469 e. The molecule has 0 aromatic heterocycles. The number of hydrogen-bond donors (Lipinski definition) is 0. The number of carbonyl (C=O) groups excluding carboxylic acids is 2. The largest absolute Gasteiger partial charge is 0.471 e. The Labute approximate surface area is 129 Å². The van der Waals surface area contributed by atoms with Gasteiger partial charge in [0.05, 0.1) is 13.0 Å². The van der Waals surface area contributed by atoms with E-state index in [0.29, 0.717) is 12.8 Å². The van der Waals surface area contributed by atoms with Gasteiger partial charge in [0.15, 0.2) is 0 Å². The maximum absolute atomic E-state index is 12.9. The van der Waals surface area contributed by atoms with E-state index in [2.05, 4.69) is 4.74 Å². The molecule has 1 rings (SSSR count). The summed E-state index contributed by atoms with van der Waals surface area (Å²) in [5.74, 6) is -3.23. The summed E-state index contributed by atoms with van der Waals surface area (Å²) in [5.41, 5.74) is 0. The highest BCUT2D eigenvalue weighted by molar-refractivity contribution is 5.83. The Kier molecular flexibility index (Phi) is 7.16. The van der Waals surface area contributed by atoms with Crippen LogP contribution in [-0.4, -0.2) is 42.6 Å². The number of nitrogens with zero attached hydrogens (tertiary/aromatic N) is 1. The molecule has 1 fully saturated rings. The van der Waals surface area contributed by atoms with Crippen molar-refractivity contribution < 1.29 is 27.5 Å². The van der Waals surface area contributed by atoms with Crippen molar-refractivity contribution in [3.05, 3.63) is 0 Å². The standard InChI is InChI=1S/C15H24F3NO3/c1-11(13(20)22-2)10-19(14(21)15(16,17)18)12-8-6-4-3-5-7-9-12/h11-12H,3-10H2,1-2H3. The summed E-state index contributed by atoms with van der Waals surface area (Å²) in [4.78, 5) is 24.1. The molecule has 0 heterocycles. The van der Waals surface area contributed by atoms with Gasteiger partial charge in [-0.05, 0) is 12.8 Å². The minimum atomic E-state index is -4.92. The second-order valence-electron chi connectivity index (χ2n) is 5.88. The molecule has 1 aliphatic carbocycles. The van der Waals surface area contributed by atoms with Crippen molar-refractivity contribution in [2.75, 3.05) is 13.7 Å². The maximum atomic E-state index is 12.9. The Morgan fingerprint density at radius 2 is 1.64 bits per heavy atom. The van der Waals surface area contributed by atoms with E-state index >= 15 is 0 Å². The molecule has 1 aliphatic rings. The van der Waals surface area contributed by atoms with Crippen LogP contribution in [0.2, 0.25) is 0 Å². The molecule has 1 saturated carbocycles. The van der Waals surface area contributed by atoms with Crippen LogP contribution in [-0.2, 0) is 14.3 Å². The number of ether oxygens (including phenoxy) is 1. The average molecular weight is 323 g/mol. The molecule has 7 heteroatoms. The lowest BCUT2D eigenvalue weighted by Crippen LogP contribution is -2.50. The Hall–Kier alpha value is -1.27. The van der Waals surface area contributed by atoms with Crippen molar-refractivity contribution >= 4 is 11.9 Å². The molecule has 0 radical (unpaired) electrons. The predicted octanol–water partition coefficient (Wildman–Crippen LogP) is 3.30. The molecule has 0 spiro atoms. The van der Waals surface area contributed by atoms with E-state index in [9.17, 15) is 22.8 Å². The van der Waals surface area contributed by atoms with Crippen LogP contribution in [0.25, 0.3) is 0 Å². The van der Waals surface area contributed by atoms with Gasteiger partial charge < -0.3 is 9.64 Å². The number of amides is 1. The zero-order valence-corrected chi connectivity index (χ0v) is 13.1. The summed E-state index contributed by atoms with van der Waals surface area (Å²) < 4.78 is 43.1. The smallest absolute Gasteiger partial charge is 0.469 e. The second kappa shape index (κ2) is 8.39. The normalized spacial score (nSPS) is 19.0. The highest BCUT2D eigenvalue weighted by atomic mass is 19.4. The van der Waals surface area contributed by atoms with Crippen LogP contribution in [0.5, 0.6) is 0 Å². The molecule has 1 amide bonds. The monoisotopic (exact) mass is 323 g/mol. The Morgan fingerprint density at radius 3 is 2.09 bits per heavy atom. The maximum Gasteiger partial charge on any atom is 0.471 e. The molecule has 0 N–H and O–H groups in total. The highest BCUT2D eigenvalue weighted by Gasteiger charge is 2.45. The number of carbonyl (C=O) groups is 2. The van der Waals surface area contributed by atoms with Gasteiger partial charge in [0, 0.05) is 12.6 Å². The molecule has 128 valence electrons. The van der Waals surface area contributed by atoms with Crippen molar-refractivity contribution in [1.29, 1.82) is 0 Å². The number of rotatable bonds is 4. The van der Waals surface area contributed by atoms with Crippen LogP contribution >= 0.6 is 0 Å². The molecule has 0 aromatic rings. The van der Waals surface area contributed by atoms with Crippen LogP contribution in [0.15, 0.2) is 0 Å². The van der Waals surface area contributed by atoms with Gasteiger partial charge in [-0.25, -0.2) is 0 Å². The highest BCUT2D eigenvalue weighted by Crippen LogP contribution is 2.27. The van der Waals surface area contributed by atoms with E-state index < -0.39 is 30.0 Å². The summed E-state index contributed by atoms with van der Waals surface area (Å²) in [6.45, 7) is 1.22. The Balaban J connectivity index is 2.88. The lowest BCUT2D eigenvalue weighted by molar-refractivity contribution is -0.189. The summed E-state index contributed by atoms with van der Waals surface area (Å²) >= 11 is 0. The fourth-order valence-electron chi connectivity index (χ4n) is 2.88. The molecule has 0 aliphatic heterocycles. The van der Waals surface area contributed by atoms with Crippen molar-refractivity contribution in [2.24, 2.45) is 5.92 Å². The zero-order chi connectivity index (χ0) is 16.8. The van der Waals surface area contributed by atoms with Crippen LogP contribution in [0.3, 0.4) is 0 Å². The molecular weight excluding hydrogens is 299 g/mol. The van der Waals surface area contributed by atoms with Gasteiger partial charge >= 0.3 is 18.1 Å². The first-order valence-corrected chi connectivity index (χ1v) is 7.73. The summed E-state index contributed by atoms with van der Waals surface area (Å²) in [6.07, 6.45) is 0.814. The quantitative estimate of drug-likeness (QED) is 0.746. The number of esters is 1. The van der Waals surface area contributed by atoms with Gasteiger partial charge in [0.1, 0.15) is 0 Å². The third-order valence-electron chi connectivity index (χ3n) is 4.09. The fraction of sp³-hybridized carbons (Fsp3) is 0.867. The van der Waals surface area contributed by atoms with Crippen LogP contribution < -0.4 is 0 Å². The molecular formula is C15H24F3NO3. The van der Waals surface area contributed by atoms with Crippen molar-refractivity contribution in [3.63, 3.8) is 0 Å². The molecule has 1 unspecified atom stereocenters. The minimum absolute atomic E-state index is 0.254. The topological polar surface area (TPSA) is 46.6 Å². The van der Waals surface area contributed by atoms with Gasteiger partial charge in [-0.15, -0.1) is 0 Å². The van der Waals surface area contributed by atoms with Crippen molar-refractivity contribution in [1.82, 2.24) is 4.90 Å². The van der Waals surface area contributed by atoms with Crippen molar-refractivity contribution in [3.8, 4) is 0 Å². The lowest BCUT2D eigenvalue weighted by Gasteiger charge is -2.34. The van der Waals surface area contributed by atoms with E-state index in [4.69, 9.17) is 0 Å². The fourth-order valence-corrected chi connectivity index (χ4v) is 2.88. The zero-order valence-electron chi connectivity index (χ0n) is 13.1. The van der Waals surface area contributed by atoms with Crippen LogP contribution in [0, 0.1) is 5.92 Å². The predicted molar refractivity (Wildman–Crippen MR) is 75.1 cm³/mol. The first kappa shape index (κ1) is 18.8. The number of hydrogen-bond acceptors (Lipinski definition) is 3. The van der Waals surface area contributed by atoms with E-state index in [-0.39, 0.29) is 6.54 Å². The van der Waals surface area contributed by atoms with E-state index in [1.54, 1.807) is 0 Å². The molecule has 0 aromatic carbocycles. The summed E-state index contributed by atoms with van der Waals surface area (Å²) in [7, 11) is 1.19. The van der Waals surface area contributed by atoms with E-state index in [1.165, 1.54) is 14.0 Å². The Morgan fingerprint density at radius 1 is 1.14 bits per heavy atom. The van der Waals surface area contributed by atoms with Gasteiger partial charge in [-0.3, -0.25) is 9.59 Å². The van der Waals surface area contributed by atoms with Gasteiger partial charge in [0.2, 0.25) is 0 Å². The summed E-state index contributed by atoms with van der Waals surface area (Å²) in [5, 5.41) is 0. The summed E-state index contributed by atoms with van der Waals surface area (Å²) in [6, 6.07) is -0.457. The molecule has 1 atom stereocenters. The van der Waals surface area contributed by atoms with Gasteiger partial charge in [0.25, 0.3) is 0 Å². The first-order chi connectivity index (χ1) is 10.3. The van der Waals surface area contributed by atoms with E-state index in [1.807, 2.05) is 0 Å². The van der Waals surface area contributed by atoms with Crippen molar-refractivity contribution in [2.45, 2.75) is 64.1 Å². The van der Waals surface area contributed by atoms with Crippen LogP contribution in [0.1, 0.15) is 51.9 Å². The average Bonchev–Trinajstić information content (AvgIpc) is 2.42. The Bertz CT molecular complexity index is 377.